The van der Waals surface area contributed by atoms with Gasteiger partial charge < -0.3 is 10.4 Å². The Kier molecular flexibility index (Phi) is 3.92. The van der Waals surface area contributed by atoms with Crippen molar-refractivity contribution in [3.63, 3.8) is 0 Å². The van der Waals surface area contributed by atoms with Gasteiger partial charge in [0.25, 0.3) is 0 Å². The fraction of sp³-hybridized carbons (Fsp3) is 0.250. The van der Waals surface area contributed by atoms with Crippen molar-refractivity contribution in [2.45, 2.75) is 13.8 Å². The topological polar surface area (TPSA) is 49.3 Å². The number of carbonyl (C=O) groups excluding carboxylic acids is 1. The molecular weight excluding hydrogens is 190 g/mol. The first kappa shape index (κ1) is 11.3. The average molecular weight is 205 g/mol. The number of benzene rings is 1. The zero-order chi connectivity index (χ0) is 11.3. The fourth-order valence-corrected chi connectivity index (χ4v) is 1.03. The Bertz CT molecular complexity index is 370. The highest BCUT2D eigenvalue weighted by molar-refractivity contribution is 6.00. The molecule has 0 aliphatic heterocycles. The zero-order valence-corrected chi connectivity index (χ0v) is 8.90. The van der Waals surface area contributed by atoms with Gasteiger partial charge >= 0.3 is 0 Å². The van der Waals surface area contributed by atoms with Crippen molar-refractivity contribution in [1.82, 2.24) is 0 Å². The minimum absolute atomic E-state index is 0.0730. The van der Waals surface area contributed by atoms with Crippen LogP contribution in [0.5, 0.6) is 5.75 Å². The number of phenols is 1. The number of nitrogens with one attached hydrogen (secondary N) is 1. The molecule has 0 bridgehead atoms. The highest BCUT2D eigenvalue weighted by atomic mass is 16.3. The standard InChI is InChI=1S/C12H15NO2/c1-9(2)7-8-12(15)13-10-5-3-4-6-11(10)14/h3-9,14H,1-2H3,(H,13,15)/b8-7+. The molecule has 1 aromatic rings. The maximum absolute atomic E-state index is 11.4. The Morgan fingerprint density at radius 3 is 2.67 bits per heavy atom. The van der Waals surface area contributed by atoms with Gasteiger partial charge in [-0.15, -0.1) is 0 Å². The third-order valence-electron chi connectivity index (χ3n) is 1.79. The van der Waals surface area contributed by atoms with Crippen molar-refractivity contribution in [3.8, 4) is 5.75 Å². The summed E-state index contributed by atoms with van der Waals surface area (Å²) in [5, 5.41) is 12.0. The molecule has 0 atom stereocenters. The maximum atomic E-state index is 11.4. The van der Waals surface area contributed by atoms with Gasteiger partial charge in [0.05, 0.1) is 5.69 Å². The number of aromatic hydroxyl groups is 1. The molecule has 0 saturated heterocycles. The minimum atomic E-state index is -0.231. The lowest BCUT2D eigenvalue weighted by Gasteiger charge is -2.04. The Balaban J connectivity index is 2.63. The van der Waals surface area contributed by atoms with Gasteiger partial charge in [0.1, 0.15) is 5.75 Å². The van der Waals surface area contributed by atoms with Crippen LogP contribution in [0.3, 0.4) is 0 Å². The normalized spacial score (nSPS) is 10.9. The second kappa shape index (κ2) is 5.20. The van der Waals surface area contributed by atoms with Gasteiger partial charge in [0, 0.05) is 0 Å². The van der Waals surface area contributed by atoms with Crippen molar-refractivity contribution in [2.24, 2.45) is 5.92 Å². The quantitative estimate of drug-likeness (QED) is 0.588. The maximum Gasteiger partial charge on any atom is 0.248 e. The number of hydrogen-bond donors (Lipinski definition) is 2. The third-order valence-corrected chi connectivity index (χ3v) is 1.79. The zero-order valence-electron chi connectivity index (χ0n) is 8.90. The summed E-state index contributed by atoms with van der Waals surface area (Å²) in [5.41, 5.74) is 0.427. The van der Waals surface area contributed by atoms with Gasteiger partial charge in [-0.1, -0.05) is 32.1 Å². The number of hydrogen-bond acceptors (Lipinski definition) is 2. The molecule has 3 nitrogen and oxygen atoms in total. The number of amides is 1. The third kappa shape index (κ3) is 3.85. The lowest BCUT2D eigenvalue weighted by Crippen LogP contribution is -2.08. The molecule has 0 aliphatic rings. The first-order valence-corrected chi connectivity index (χ1v) is 4.87. The SMILES string of the molecule is CC(C)/C=C/C(=O)Nc1ccccc1O. The van der Waals surface area contributed by atoms with E-state index in [2.05, 4.69) is 5.32 Å². The van der Waals surface area contributed by atoms with Crippen LogP contribution in [-0.4, -0.2) is 11.0 Å². The molecule has 0 spiro atoms. The van der Waals surface area contributed by atoms with Crippen LogP contribution in [0.4, 0.5) is 5.69 Å². The molecular formula is C12H15NO2. The molecule has 3 heteroatoms. The smallest absolute Gasteiger partial charge is 0.248 e. The Morgan fingerprint density at radius 2 is 2.07 bits per heavy atom. The second-order valence-corrected chi connectivity index (χ2v) is 3.61. The van der Waals surface area contributed by atoms with Crippen molar-refractivity contribution in [2.75, 3.05) is 5.32 Å². The van der Waals surface area contributed by atoms with E-state index in [4.69, 9.17) is 0 Å². The summed E-state index contributed by atoms with van der Waals surface area (Å²) in [6.45, 7) is 3.98. The molecule has 0 radical (unpaired) electrons. The number of anilines is 1. The monoisotopic (exact) mass is 205 g/mol. The summed E-state index contributed by atoms with van der Waals surface area (Å²) in [7, 11) is 0. The number of para-hydroxylation sites is 2. The van der Waals surface area contributed by atoms with Crippen LogP contribution in [-0.2, 0) is 4.79 Å². The summed E-state index contributed by atoms with van der Waals surface area (Å²) < 4.78 is 0. The molecule has 1 aromatic carbocycles. The molecule has 2 N–H and O–H groups in total. The van der Waals surface area contributed by atoms with Crippen LogP contribution < -0.4 is 5.32 Å². The van der Waals surface area contributed by atoms with Crippen LogP contribution in [0.2, 0.25) is 0 Å². The molecule has 15 heavy (non-hydrogen) atoms. The molecule has 0 fully saturated rings. The Labute approximate surface area is 89.4 Å². The highest BCUT2D eigenvalue weighted by Crippen LogP contribution is 2.21. The molecule has 0 aromatic heterocycles. The van der Waals surface area contributed by atoms with Crippen molar-refractivity contribution in [3.05, 3.63) is 36.4 Å². The van der Waals surface area contributed by atoms with E-state index in [1.807, 2.05) is 13.8 Å². The minimum Gasteiger partial charge on any atom is -0.506 e. The van der Waals surface area contributed by atoms with Gasteiger partial charge in [-0.05, 0) is 24.1 Å². The van der Waals surface area contributed by atoms with Crippen molar-refractivity contribution in [1.29, 1.82) is 0 Å². The number of allylic oxidation sites excluding steroid dienone is 1. The lowest BCUT2D eigenvalue weighted by atomic mass is 10.2. The van der Waals surface area contributed by atoms with Gasteiger partial charge in [0.2, 0.25) is 5.91 Å². The predicted octanol–water partition coefficient (Wildman–Crippen LogP) is 2.54. The van der Waals surface area contributed by atoms with Crippen LogP contribution in [0.1, 0.15) is 13.8 Å². The van der Waals surface area contributed by atoms with Crippen LogP contribution in [0.25, 0.3) is 0 Å². The van der Waals surface area contributed by atoms with Crippen LogP contribution in [0, 0.1) is 5.92 Å². The number of carbonyl (C=O) groups is 1. The Hall–Kier alpha value is -1.77. The van der Waals surface area contributed by atoms with Gasteiger partial charge in [-0.3, -0.25) is 4.79 Å². The van der Waals surface area contributed by atoms with Crippen LogP contribution >= 0.6 is 0 Å². The van der Waals surface area contributed by atoms with E-state index < -0.39 is 0 Å². The van der Waals surface area contributed by atoms with E-state index in [1.165, 1.54) is 12.1 Å². The highest BCUT2D eigenvalue weighted by Gasteiger charge is 2.01. The van der Waals surface area contributed by atoms with E-state index in [-0.39, 0.29) is 11.7 Å². The number of rotatable bonds is 3. The first-order chi connectivity index (χ1) is 7.09. The predicted molar refractivity (Wildman–Crippen MR) is 60.7 cm³/mol. The summed E-state index contributed by atoms with van der Waals surface area (Å²) >= 11 is 0. The molecule has 0 aliphatic carbocycles. The lowest BCUT2D eigenvalue weighted by molar-refractivity contribution is -0.111. The second-order valence-electron chi connectivity index (χ2n) is 3.61. The molecule has 0 heterocycles. The summed E-state index contributed by atoms with van der Waals surface area (Å²) in [5.74, 6) is 0.175. The van der Waals surface area contributed by atoms with E-state index in [0.717, 1.165) is 0 Å². The van der Waals surface area contributed by atoms with E-state index in [0.29, 0.717) is 11.6 Å². The molecule has 1 amide bonds. The van der Waals surface area contributed by atoms with Gasteiger partial charge in [-0.2, -0.15) is 0 Å². The number of phenolic OH excluding ortho intramolecular Hbond substituents is 1. The van der Waals surface area contributed by atoms with E-state index in [9.17, 15) is 9.90 Å². The largest absolute Gasteiger partial charge is 0.506 e. The van der Waals surface area contributed by atoms with Crippen LogP contribution in [0.15, 0.2) is 36.4 Å². The van der Waals surface area contributed by atoms with Crippen molar-refractivity contribution < 1.29 is 9.90 Å². The fourth-order valence-electron chi connectivity index (χ4n) is 1.03. The first-order valence-electron chi connectivity index (χ1n) is 4.87. The molecule has 80 valence electrons. The van der Waals surface area contributed by atoms with E-state index >= 15 is 0 Å². The van der Waals surface area contributed by atoms with Crippen molar-refractivity contribution >= 4 is 11.6 Å². The van der Waals surface area contributed by atoms with E-state index in [1.54, 1.807) is 24.3 Å². The molecule has 0 unspecified atom stereocenters. The summed E-state index contributed by atoms with van der Waals surface area (Å²) in [6.07, 6.45) is 3.27. The summed E-state index contributed by atoms with van der Waals surface area (Å²) in [4.78, 5) is 11.4. The van der Waals surface area contributed by atoms with Gasteiger partial charge in [-0.25, -0.2) is 0 Å². The summed E-state index contributed by atoms with van der Waals surface area (Å²) in [6, 6.07) is 6.63. The average Bonchev–Trinajstić information content (AvgIpc) is 2.18. The molecule has 1 rings (SSSR count). The Morgan fingerprint density at radius 1 is 1.40 bits per heavy atom. The van der Waals surface area contributed by atoms with Gasteiger partial charge in [0.15, 0.2) is 0 Å². The molecule has 0 saturated carbocycles.